The molecule has 0 amide bonds. The van der Waals surface area contributed by atoms with E-state index in [2.05, 4.69) is 157 Å². The van der Waals surface area contributed by atoms with E-state index in [4.69, 9.17) is 0 Å². The maximum absolute atomic E-state index is 2.39. The zero-order valence-corrected chi connectivity index (χ0v) is 24.8. The van der Waals surface area contributed by atoms with E-state index in [1.165, 1.54) is 67.9 Å². The van der Waals surface area contributed by atoms with Gasteiger partial charge in [0.05, 0.1) is 5.69 Å². The first-order valence-corrected chi connectivity index (χ1v) is 16.1. The van der Waals surface area contributed by atoms with Crippen molar-refractivity contribution in [1.29, 1.82) is 0 Å². The minimum Gasteiger partial charge on any atom is -0.310 e. The van der Waals surface area contributed by atoms with Crippen molar-refractivity contribution in [1.82, 2.24) is 0 Å². The second-order valence-electron chi connectivity index (χ2n) is 10.9. The molecule has 0 fully saturated rings. The Morgan fingerprint density at radius 1 is 0.372 bits per heavy atom. The molecule has 0 bridgehead atoms. The van der Waals surface area contributed by atoms with Crippen molar-refractivity contribution >= 4 is 90.9 Å². The average molecular weight is 584 g/mol. The number of rotatable bonds is 4. The monoisotopic (exact) mass is 583 g/mol. The van der Waals surface area contributed by atoms with Crippen LogP contribution in [0, 0.1) is 0 Å². The lowest BCUT2D eigenvalue weighted by molar-refractivity contribution is 1.30. The second kappa shape index (κ2) is 9.81. The highest BCUT2D eigenvalue weighted by molar-refractivity contribution is 7.26. The zero-order chi connectivity index (χ0) is 28.3. The fourth-order valence-electron chi connectivity index (χ4n) is 6.48. The van der Waals surface area contributed by atoms with E-state index in [1.807, 2.05) is 22.7 Å². The summed E-state index contributed by atoms with van der Waals surface area (Å²) in [4.78, 5) is 2.39. The highest BCUT2D eigenvalue weighted by atomic mass is 32.1. The molecule has 0 saturated carbocycles. The summed E-state index contributed by atoms with van der Waals surface area (Å²) in [6, 6.07) is 55.4. The quantitative estimate of drug-likeness (QED) is 0.199. The van der Waals surface area contributed by atoms with Gasteiger partial charge in [0, 0.05) is 51.7 Å². The predicted octanol–water partition coefficient (Wildman–Crippen LogP) is 12.7. The third kappa shape index (κ3) is 3.97. The molecule has 43 heavy (non-hydrogen) atoms. The van der Waals surface area contributed by atoms with Crippen molar-refractivity contribution in [2.75, 3.05) is 4.90 Å². The van der Waals surface area contributed by atoms with Crippen LogP contribution in [-0.4, -0.2) is 0 Å². The van der Waals surface area contributed by atoms with E-state index >= 15 is 0 Å². The van der Waals surface area contributed by atoms with Crippen molar-refractivity contribution in [2.45, 2.75) is 0 Å². The van der Waals surface area contributed by atoms with Crippen LogP contribution in [0.15, 0.2) is 152 Å². The number of para-hydroxylation sites is 1. The molecule has 0 spiro atoms. The lowest BCUT2D eigenvalue weighted by Gasteiger charge is -2.26. The van der Waals surface area contributed by atoms with Gasteiger partial charge in [-0.15, -0.1) is 22.7 Å². The van der Waals surface area contributed by atoms with E-state index in [-0.39, 0.29) is 0 Å². The Kier molecular flexibility index (Phi) is 5.62. The molecule has 3 heteroatoms. The van der Waals surface area contributed by atoms with Gasteiger partial charge in [0.1, 0.15) is 0 Å². The average Bonchev–Trinajstić information content (AvgIpc) is 3.65. The minimum atomic E-state index is 1.14. The molecule has 9 rings (SSSR count). The van der Waals surface area contributed by atoms with Crippen LogP contribution in [0.3, 0.4) is 0 Å². The van der Waals surface area contributed by atoms with E-state index in [1.54, 1.807) is 0 Å². The van der Waals surface area contributed by atoms with Crippen LogP contribution in [-0.2, 0) is 0 Å². The molecule has 9 aromatic rings. The summed E-state index contributed by atoms with van der Waals surface area (Å²) >= 11 is 3.74. The number of fused-ring (bicyclic) bond motifs is 8. The smallest absolute Gasteiger partial charge is 0.0554 e. The molecule has 202 valence electrons. The van der Waals surface area contributed by atoms with Gasteiger partial charge in [-0.3, -0.25) is 0 Å². The highest BCUT2D eigenvalue weighted by Crippen LogP contribution is 2.45. The number of hydrogen-bond acceptors (Lipinski definition) is 3. The molecule has 7 aromatic carbocycles. The molecular formula is C40H25NS2. The van der Waals surface area contributed by atoms with Crippen LogP contribution in [0.5, 0.6) is 0 Å². The van der Waals surface area contributed by atoms with Gasteiger partial charge in [-0.25, -0.2) is 0 Å². The van der Waals surface area contributed by atoms with Crippen molar-refractivity contribution in [3.8, 4) is 11.1 Å². The molecule has 2 heterocycles. The Bertz CT molecular complexity index is 2450. The van der Waals surface area contributed by atoms with Gasteiger partial charge < -0.3 is 4.90 Å². The summed E-state index contributed by atoms with van der Waals surface area (Å²) in [6.45, 7) is 0. The van der Waals surface area contributed by atoms with Crippen molar-refractivity contribution < 1.29 is 0 Å². The molecular weight excluding hydrogens is 559 g/mol. The molecule has 1 nitrogen and oxygen atoms in total. The van der Waals surface area contributed by atoms with Crippen molar-refractivity contribution in [3.63, 3.8) is 0 Å². The molecule has 0 unspecified atom stereocenters. The van der Waals surface area contributed by atoms with Crippen molar-refractivity contribution in [2.24, 2.45) is 0 Å². The van der Waals surface area contributed by atoms with Gasteiger partial charge in [-0.2, -0.15) is 0 Å². The van der Waals surface area contributed by atoms with Crippen LogP contribution in [0.25, 0.3) is 62.2 Å². The van der Waals surface area contributed by atoms with Gasteiger partial charge in [-0.05, 0) is 82.6 Å². The Morgan fingerprint density at radius 3 is 1.74 bits per heavy atom. The molecule has 0 atom stereocenters. The van der Waals surface area contributed by atoms with Crippen molar-refractivity contribution in [3.05, 3.63) is 152 Å². The third-order valence-corrected chi connectivity index (χ3v) is 10.7. The summed E-state index contributed by atoms with van der Waals surface area (Å²) in [6.07, 6.45) is 0. The van der Waals surface area contributed by atoms with Gasteiger partial charge >= 0.3 is 0 Å². The maximum Gasteiger partial charge on any atom is 0.0554 e. The third-order valence-electron chi connectivity index (χ3n) is 8.45. The largest absolute Gasteiger partial charge is 0.310 e. The SMILES string of the molecule is c1ccc(N(c2ccc(-c3ccc4c(ccc5sc6ccccc6c54)c3)cc2)c2cccc3sc4ccccc4c23)cc1. The van der Waals surface area contributed by atoms with Gasteiger partial charge in [0.25, 0.3) is 0 Å². The fraction of sp³-hybridized carbons (Fsp3) is 0. The number of nitrogens with zero attached hydrogens (tertiary/aromatic N) is 1. The normalized spacial score (nSPS) is 11.7. The highest BCUT2D eigenvalue weighted by Gasteiger charge is 2.18. The molecule has 0 radical (unpaired) electrons. The van der Waals surface area contributed by atoms with Crippen LogP contribution < -0.4 is 4.90 Å². The van der Waals surface area contributed by atoms with E-state index in [9.17, 15) is 0 Å². The van der Waals surface area contributed by atoms with E-state index in [0.717, 1.165) is 11.4 Å². The first-order valence-electron chi connectivity index (χ1n) is 14.5. The molecule has 0 N–H and O–H groups in total. The zero-order valence-electron chi connectivity index (χ0n) is 23.2. The van der Waals surface area contributed by atoms with E-state index < -0.39 is 0 Å². The van der Waals surface area contributed by atoms with Crippen LogP contribution in [0.4, 0.5) is 17.1 Å². The Labute approximate surface area is 257 Å². The Hall–Kier alpha value is -4.96. The molecule has 0 aliphatic rings. The number of anilines is 3. The van der Waals surface area contributed by atoms with E-state index in [0.29, 0.717) is 0 Å². The summed E-state index contributed by atoms with van der Waals surface area (Å²) in [7, 11) is 0. The number of hydrogen-bond donors (Lipinski definition) is 0. The molecule has 0 saturated heterocycles. The predicted molar refractivity (Wildman–Crippen MR) is 190 cm³/mol. The summed E-state index contributed by atoms with van der Waals surface area (Å²) < 4.78 is 5.32. The van der Waals surface area contributed by atoms with Crippen LogP contribution >= 0.6 is 22.7 Å². The molecule has 0 aliphatic carbocycles. The fourth-order valence-corrected chi connectivity index (χ4v) is 8.73. The maximum atomic E-state index is 2.39. The summed E-state index contributed by atoms with van der Waals surface area (Å²) in [5.74, 6) is 0. The second-order valence-corrected chi connectivity index (χ2v) is 13.1. The first kappa shape index (κ1) is 24.6. The van der Waals surface area contributed by atoms with Crippen LogP contribution in [0.1, 0.15) is 0 Å². The van der Waals surface area contributed by atoms with Gasteiger partial charge in [0.15, 0.2) is 0 Å². The first-order chi connectivity index (χ1) is 21.3. The van der Waals surface area contributed by atoms with Gasteiger partial charge in [0.2, 0.25) is 0 Å². The minimum absolute atomic E-state index is 1.14. The van der Waals surface area contributed by atoms with Gasteiger partial charge in [-0.1, -0.05) is 91.0 Å². The summed E-state index contributed by atoms with van der Waals surface area (Å²) in [5, 5.41) is 7.92. The standard InChI is InChI=1S/C40H25NS2/c1-2-9-29(10-3-1)41(34-13-8-16-37-40(34)33-12-5-7-15-36(33)42-37)30-21-17-26(18-22-30)27-19-23-31-28(25-27)20-24-38-39(31)32-11-4-6-14-35(32)43-38/h1-25H. The molecule has 2 aromatic heterocycles. The summed E-state index contributed by atoms with van der Waals surface area (Å²) in [5.41, 5.74) is 5.94. The molecule has 0 aliphatic heterocycles. The lowest BCUT2D eigenvalue weighted by Crippen LogP contribution is -2.10. The van der Waals surface area contributed by atoms with Crippen LogP contribution in [0.2, 0.25) is 0 Å². The Balaban J connectivity index is 1.17. The topological polar surface area (TPSA) is 3.24 Å². The lowest BCUT2D eigenvalue weighted by atomic mass is 9.98. The Morgan fingerprint density at radius 2 is 0.977 bits per heavy atom. The number of thiophene rings is 2. The number of benzene rings is 7.